The van der Waals surface area contributed by atoms with Gasteiger partial charge in [-0.2, -0.15) is 0 Å². The number of halogens is 1. The minimum Gasteiger partial charge on any atom is -0.494 e. The average Bonchev–Trinajstić information content (AvgIpc) is 3.53. The number of pyridine rings is 1. The fraction of sp³-hybridized carbons (Fsp3) is 0.303. The molecule has 0 radical (unpaired) electrons. The second-order valence-electron chi connectivity index (χ2n) is 11.0. The van der Waals surface area contributed by atoms with Gasteiger partial charge in [-0.3, -0.25) is 10.1 Å². The second-order valence-corrected chi connectivity index (χ2v) is 13.3. The van der Waals surface area contributed by atoms with E-state index < -0.39 is 39.7 Å². The third kappa shape index (κ3) is 6.41. The van der Waals surface area contributed by atoms with Crippen LogP contribution in [0, 0.1) is 5.82 Å². The Balaban J connectivity index is 1.63. The van der Waals surface area contributed by atoms with Crippen LogP contribution < -0.4 is 21.1 Å². The highest BCUT2D eigenvalue weighted by molar-refractivity contribution is 7.91. The number of anilines is 3. The van der Waals surface area contributed by atoms with Crippen molar-refractivity contribution in [2.24, 2.45) is 0 Å². The summed E-state index contributed by atoms with van der Waals surface area (Å²) in [5, 5.41) is 16.3. The van der Waals surface area contributed by atoms with Crippen LogP contribution in [-0.2, 0) is 21.1 Å². The number of benzene rings is 3. The van der Waals surface area contributed by atoms with E-state index in [0.717, 1.165) is 16.3 Å². The number of carbonyl (C=O) groups is 2. The first-order valence-electron chi connectivity index (χ1n) is 14.9. The molecule has 1 aliphatic rings. The van der Waals surface area contributed by atoms with Crippen LogP contribution in [0.1, 0.15) is 55.5 Å². The molecule has 1 fully saturated rings. The number of aryl methyl sites for hydroxylation is 1. The topological polar surface area (TPSA) is 164 Å². The molecule has 2 heterocycles. The average molecular weight is 650 g/mol. The zero-order valence-corrected chi connectivity index (χ0v) is 26.5. The molecule has 1 aromatic heterocycles. The third-order valence-electron chi connectivity index (χ3n) is 8.29. The van der Waals surface area contributed by atoms with Crippen LogP contribution in [0.2, 0.25) is 0 Å². The van der Waals surface area contributed by atoms with Gasteiger partial charge in [-0.15, -0.1) is 0 Å². The molecule has 2 atom stereocenters. The number of likely N-dealkylation sites (tertiary alicyclic amines) is 1. The number of ether oxygens (including phenoxy) is 1. The maximum atomic E-state index is 16.1. The maximum absolute atomic E-state index is 16.1. The molecule has 0 spiro atoms. The summed E-state index contributed by atoms with van der Waals surface area (Å²) < 4.78 is 47.7. The number of hydrogen-bond donors (Lipinski definition) is 4. The molecule has 4 aromatic rings. The Kier molecular flexibility index (Phi) is 9.33. The normalized spacial score (nSPS) is 15.5. The van der Waals surface area contributed by atoms with Crippen molar-refractivity contribution in [3.05, 3.63) is 83.3 Å². The van der Waals surface area contributed by atoms with E-state index in [1.165, 1.54) is 32.2 Å². The van der Waals surface area contributed by atoms with Crippen molar-refractivity contribution in [1.82, 2.24) is 9.88 Å². The first-order valence-corrected chi connectivity index (χ1v) is 16.6. The van der Waals surface area contributed by atoms with Gasteiger partial charge < -0.3 is 25.8 Å². The van der Waals surface area contributed by atoms with Gasteiger partial charge in [0.1, 0.15) is 11.9 Å². The highest BCUT2D eigenvalue weighted by Gasteiger charge is 2.38. The third-order valence-corrected chi connectivity index (χ3v) is 10.1. The molecule has 0 unspecified atom stereocenters. The van der Waals surface area contributed by atoms with Gasteiger partial charge in [-0.05, 0) is 84.3 Å². The summed E-state index contributed by atoms with van der Waals surface area (Å²) in [6.45, 7) is 3.70. The van der Waals surface area contributed by atoms with Crippen molar-refractivity contribution in [2.45, 2.75) is 50.1 Å². The molecule has 3 aromatic carbocycles. The number of fused-ring (bicyclic) bond motifs is 1. The monoisotopic (exact) mass is 649 g/mol. The van der Waals surface area contributed by atoms with Gasteiger partial charge in [-0.25, -0.2) is 22.6 Å². The number of carboxylic acid groups (broad SMARTS) is 1. The summed E-state index contributed by atoms with van der Waals surface area (Å²) in [6, 6.07) is 12.5. The minimum atomic E-state index is -3.75. The SMILES string of the molecule is CCc1cc(OC)c(F)c([C@H](Nc2ccc3c(N)nccc3c2)C(=O)N2CCC[C@@H]2c2cc(NC(=O)O)ccc2S(=O)(=O)CC)c1. The lowest BCUT2D eigenvalue weighted by Crippen LogP contribution is -2.38. The summed E-state index contributed by atoms with van der Waals surface area (Å²) in [6.07, 6.45) is 1.79. The molecule has 2 amide bonds. The molecule has 5 rings (SSSR count). The van der Waals surface area contributed by atoms with Crippen molar-refractivity contribution in [1.29, 1.82) is 0 Å². The molecule has 0 bridgehead atoms. The van der Waals surface area contributed by atoms with Crippen LogP contribution >= 0.6 is 0 Å². The van der Waals surface area contributed by atoms with Gasteiger partial charge in [0.05, 0.1) is 23.8 Å². The number of sulfone groups is 1. The summed E-state index contributed by atoms with van der Waals surface area (Å²) >= 11 is 0. The van der Waals surface area contributed by atoms with Crippen LogP contribution in [0.5, 0.6) is 5.75 Å². The number of nitrogen functional groups attached to an aromatic ring is 1. The number of hydrogen-bond acceptors (Lipinski definition) is 8. The van der Waals surface area contributed by atoms with Crippen molar-refractivity contribution < 1.29 is 32.2 Å². The van der Waals surface area contributed by atoms with Crippen molar-refractivity contribution >= 4 is 49.8 Å². The summed E-state index contributed by atoms with van der Waals surface area (Å²) in [5.74, 6) is -1.03. The number of nitrogens with two attached hydrogens (primary N) is 1. The van der Waals surface area contributed by atoms with Crippen LogP contribution in [0.3, 0.4) is 0 Å². The summed E-state index contributed by atoms with van der Waals surface area (Å²) in [5.41, 5.74) is 7.86. The van der Waals surface area contributed by atoms with E-state index in [4.69, 9.17) is 10.5 Å². The van der Waals surface area contributed by atoms with Gasteiger partial charge in [0.25, 0.3) is 0 Å². The lowest BCUT2D eigenvalue weighted by atomic mass is 9.98. The zero-order chi connectivity index (χ0) is 33.2. The summed E-state index contributed by atoms with van der Waals surface area (Å²) in [7, 11) is -2.39. The molecule has 46 heavy (non-hydrogen) atoms. The smallest absolute Gasteiger partial charge is 0.409 e. The van der Waals surface area contributed by atoms with Crippen molar-refractivity contribution in [2.75, 3.05) is 35.8 Å². The van der Waals surface area contributed by atoms with Gasteiger partial charge >= 0.3 is 6.09 Å². The Hall–Kier alpha value is -4.91. The molecule has 0 aliphatic carbocycles. The highest BCUT2D eigenvalue weighted by Crippen LogP contribution is 2.40. The molecule has 1 aliphatic heterocycles. The van der Waals surface area contributed by atoms with Gasteiger partial charge in [0, 0.05) is 35.1 Å². The van der Waals surface area contributed by atoms with Gasteiger partial charge in [-0.1, -0.05) is 19.9 Å². The number of methoxy groups -OCH3 is 1. The first kappa shape index (κ1) is 32.5. The van der Waals surface area contributed by atoms with E-state index in [2.05, 4.69) is 15.6 Å². The van der Waals surface area contributed by atoms with E-state index in [1.807, 2.05) is 6.92 Å². The molecule has 242 valence electrons. The molecule has 0 saturated carbocycles. The minimum absolute atomic E-state index is 0.00643. The van der Waals surface area contributed by atoms with E-state index in [9.17, 15) is 23.1 Å². The lowest BCUT2D eigenvalue weighted by Gasteiger charge is -2.32. The molecular weight excluding hydrogens is 613 g/mol. The summed E-state index contributed by atoms with van der Waals surface area (Å²) in [4.78, 5) is 31.7. The molecule has 1 saturated heterocycles. The number of carbonyl (C=O) groups excluding carboxylic acids is 1. The second kappa shape index (κ2) is 13.2. The Bertz CT molecular complexity index is 1920. The quantitative estimate of drug-likeness (QED) is 0.163. The Morgan fingerprint density at radius 2 is 1.89 bits per heavy atom. The lowest BCUT2D eigenvalue weighted by molar-refractivity contribution is -0.133. The largest absolute Gasteiger partial charge is 0.494 e. The number of rotatable bonds is 10. The molecular formula is C33H36FN5O6S. The Labute approximate surface area is 266 Å². The van der Waals surface area contributed by atoms with Crippen LogP contribution in [0.4, 0.5) is 26.4 Å². The van der Waals surface area contributed by atoms with Crippen LogP contribution in [0.25, 0.3) is 10.8 Å². The van der Waals surface area contributed by atoms with Crippen LogP contribution in [-0.4, -0.2) is 54.8 Å². The van der Waals surface area contributed by atoms with Gasteiger partial charge in [0.2, 0.25) is 5.91 Å². The zero-order valence-electron chi connectivity index (χ0n) is 25.7. The Morgan fingerprint density at radius 3 is 2.59 bits per heavy atom. The number of nitrogens with zero attached hydrogens (tertiary/aromatic N) is 2. The van der Waals surface area contributed by atoms with Crippen molar-refractivity contribution in [3.8, 4) is 5.75 Å². The van der Waals surface area contributed by atoms with E-state index in [0.29, 0.717) is 36.3 Å². The Morgan fingerprint density at radius 1 is 1.13 bits per heavy atom. The fourth-order valence-electron chi connectivity index (χ4n) is 5.94. The predicted molar refractivity (Wildman–Crippen MR) is 174 cm³/mol. The predicted octanol–water partition coefficient (Wildman–Crippen LogP) is 5.93. The molecule has 13 heteroatoms. The number of amides is 2. The van der Waals surface area contributed by atoms with Crippen LogP contribution in [0.15, 0.2) is 65.7 Å². The van der Waals surface area contributed by atoms with E-state index in [-0.39, 0.29) is 34.2 Å². The number of aromatic nitrogens is 1. The maximum Gasteiger partial charge on any atom is 0.409 e. The van der Waals surface area contributed by atoms with E-state index in [1.54, 1.807) is 47.5 Å². The first-order chi connectivity index (χ1) is 22.0. The van der Waals surface area contributed by atoms with E-state index >= 15 is 4.39 Å². The van der Waals surface area contributed by atoms with Crippen molar-refractivity contribution in [3.63, 3.8) is 0 Å². The highest BCUT2D eigenvalue weighted by atomic mass is 32.2. The fourth-order valence-corrected chi connectivity index (χ4v) is 7.08. The van der Waals surface area contributed by atoms with Gasteiger partial charge in [0.15, 0.2) is 21.4 Å². The standard InChI is InChI=1S/C33H36FN5O6S/c1-4-19-15-25(29(34)27(16-19)45-3)30(37-21-8-10-23-20(17-21)12-13-36-31(23)35)32(40)39-14-6-7-26(39)24-18-22(38-33(41)42)9-11-28(24)46(43,44)5-2/h8-13,15-18,26,30,37-38H,4-7,14H2,1-3H3,(H2,35,36)(H,41,42)/t26-,30+/m1/s1. The molecule has 11 nitrogen and oxygen atoms in total. The molecule has 5 N–H and O–H groups in total. The number of nitrogens with one attached hydrogen (secondary N) is 2.